The van der Waals surface area contributed by atoms with Gasteiger partial charge in [0.25, 0.3) is 6.54 Å². The lowest BCUT2D eigenvalue weighted by Gasteiger charge is -2.27. The van der Waals surface area contributed by atoms with Crippen LogP contribution in [0.2, 0.25) is 0 Å². The molecule has 2 heterocycles. The maximum Gasteiger partial charge on any atom is 0.260 e. The lowest BCUT2D eigenvalue weighted by atomic mass is 10.2. The van der Waals surface area contributed by atoms with E-state index in [9.17, 15) is 10.1 Å². The fourth-order valence-electron chi connectivity index (χ4n) is 1.83. The minimum Gasteiger partial charge on any atom is -0.481 e. The van der Waals surface area contributed by atoms with Crippen molar-refractivity contribution in [2.75, 3.05) is 31.6 Å². The smallest absolute Gasteiger partial charge is 0.260 e. The maximum absolute atomic E-state index is 10.6. The van der Waals surface area contributed by atoms with Crippen molar-refractivity contribution in [3.05, 3.63) is 28.4 Å². The van der Waals surface area contributed by atoms with Crippen molar-refractivity contribution in [2.24, 2.45) is 4.99 Å². The number of rotatable bonds is 4. The van der Waals surface area contributed by atoms with Crippen LogP contribution >= 0.6 is 0 Å². The Hall–Kier alpha value is -2.18. The quantitative estimate of drug-likeness (QED) is 0.587. The molecule has 0 saturated carbocycles. The second-order valence-corrected chi connectivity index (χ2v) is 3.85. The molecule has 2 rings (SSSR count). The van der Waals surface area contributed by atoms with Crippen LogP contribution in [0.3, 0.4) is 0 Å². The SMILES string of the molecule is COc1ccc(N2CCCN=C2C[N+](=O)[O-])cn1. The van der Waals surface area contributed by atoms with Crippen LogP contribution in [-0.2, 0) is 0 Å². The largest absolute Gasteiger partial charge is 0.481 e. The fraction of sp³-hybridized carbons (Fsp3) is 0.455. The molecule has 1 aliphatic rings. The summed E-state index contributed by atoms with van der Waals surface area (Å²) < 4.78 is 4.98. The Morgan fingerprint density at radius 2 is 2.39 bits per heavy atom. The molecule has 0 N–H and O–H groups in total. The van der Waals surface area contributed by atoms with Crippen LogP contribution in [-0.4, -0.2) is 42.5 Å². The van der Waals surface area contributed by atoms with Crippen LogP contribution in [0.4, 0.5) is 5.69 Å². The summed E-state index contributed by atoms with van der Waals surface area (Å²) in [6, 6.07) is 3.56. The number of aliphatic imine (C=N–C) groups is 1. The predicted octanol–water partition coefficient (Wildman–Crippen LogP) is 0.975. The number of amidine groups is 1. The van der Waals surface area contributed by atoms with E-state index < -0.39 is 0 Å². The third-order valence-corrected chi connectivity index (χ3v) is 2.66. The summed E-state index contributed by atoms with van der Waals surface area (Å²) >= 11 is 0. The minimum atomic E-state index is -0.367. The van der Waals surface area contributed by atoms with Crippen molar-refractivity contribution < 1.29 is 9.66 Å². The zero-order chi connectivity index (χ0) is 13.0. The Morgan fingerprint density at radius 1 is 1.56 bits per heavy atom. The molecule has 0 saturated heterocycles. The molecule has 1 aliphatic heterocycles. The molecule has 0 fully saturated rings. The second kappa shape index (κ2) is 5.44. The standard InChI is InChI=1S/C11H14N4O3/c1-18-11-4-3-9(7-13-11)14-6-2-5-12-10(14)8-15(16)17/h3-4,7H,2,5-6,8H2,1H3. The molecule has 0 unspecified atom stereocenters. The first kappa shape index (κ1) is 12.3. The van der Waals surface area contributed by atoms with Crippen LogP contribution in [0.25, 0.3) is 0 Å². The van der Waals surface area contributed by atoms with Crippen LogP contribution in [0.1, 0.15) is 6.42 Å². The number of nitro groups is 1. The lowest BCUT2D eigenvalue weighted by Crippen LogP contribution is -2.39. The van der Waals surface area contributed by atoms with E-state index >= 15 is 0 Å². The van der Waals surface area contributed by atoms with Gasteiger partial charge in [0.15, 0.2) is 5.84 Å². The van der Waals surface area contributed by atoms with E-state index in [1.807, 2.05) is 11.0 Å². The summed E-state index contributed by atoms with van der Waals surface area (Å²) in [5, 5.41) is 10.6. The summed E-state index contributed by atoms with van der Waals surface area (Å²) in [5.41, 5.74) is 0.802. The van der Waals surface area contributed by atoms with Gasteiger partial charge in [-0.1, -0.05) is 0 Å². The molecule has 0 aliphatic carbocycles. The summed E-state index contributed by atoms with van der Waals surface area (Å²) in [5.74, 6) is 1.00. The van der Waals surface area contributed by atoms with Crippen LogP contribution in [0.15, 0.2) is 23.3 Å². The highest BCUT2D eigenvalue weighted by Crippen LogP contribution is 2.19. The third kappa shape index (κ3) is 2.73. The average Bonchev–Trinajstić information content (AvgIpc) is 2.39. The zero-order valence-corrected chi connectivity index (χ0v) is 10.1. The molecular formula is C11H14N4O3. The van der Waals surface area contributed by atoms with E-state index in [4.69, 9.17) is 4.74 Å². The zero-order valence-electron chi connectivity index (χ0n) is 10.1. The van der Waals surface area contributed by atoms with Gasteiger partial charge >= 0.3 is 0 Å². The summed E-state index contributed by atoms with van der Waals surface area (Å²) in [4.78, 5) is 20.4. The van der Waals surface area contributed by atoms with Crippen molar-refractivity contribution >= 4 is 11.5 Å². The molecule has 0 amide bonds. The molecule has 0 radical (unpaired) electrons. The van der Waals surface area contributed by atoms with Gasteiger partial charge < -0.3 is 9.64 Å². The highest BCUT2D eigenvalue weighted by molar-refractivity contribution is 5.98. The van der Waals surface area contributed by atoms with Gasteiger partial charge in [0.1, 0.15) is 0 Å². The molecule has 18 heavy (non-hydrogen) atoms. The third-order valence-electron chi connectivity index (χ3n) is 2.66. The van der Waals surface area contributed by atoms with Gasteiger partial charge in [-0.2, -0.15) is 0 Å². The summed E-state index contributed by atoms with van der Waals surface area (Å²) in [6.07, 6.45) is 2.52. The van der Waals surface area contributed by atoms with Gasteiger partial charge in [-0.05, 0) is 12.5 Å². The molecule has 0 atom stereocenters. The topological polar surface area (TPSA) is 80.9 Å². The van der Waals surface area contributed by atoms with Crippen molar-refractivity contribution in [1.29, 1.82) is 0 Å². The van der Waals surface area contributed by atoms with Gasteiger partial charge in [0, 0.05) is 24.1 Å². The molecule has 1 aromatic rings. The van der Waals surface area contributed by atoms with E-state index in [1.54, 1.807) is 19.4 Å². The molecule has 0 aromatic carbocycles. The number of hydrogen-bond acceptors (Lipinski definition) is 6. The second-order valence-electron chi connectivity index (χ2n) is 3.85. The predicted molar refractivity (Wildman–Crippen MR) is 66.9 cm³/mol. The molecule has 1 aromatic heterocycles. The summed E-state index contributed by atoms with van der Waals surface area (Å²) in [6.45, 7) is 1.11. The fourth-order valence-corrected chi connectivity index (χ4v) is 1.83. The van der Waals surface area contributed by atoms with Gasteiger partial charge in [0.05, 0.1) is 19.0 Å². The van der Waals surface area contributed by atoms with Crippen LogP contribution in [0.5, 0.6) is 5.88 Å². The molecule has 0 bridgehead atoms. The Balaban J connectivity index is 2.20. The first-order valence-corrected chi connectivity index (χ1v) is 5.63. The van der Waals surface area contributed by atoms with E-state index in [-0.39, 0.29) is 11.5 Å². The van der Waals surface area contributed by atoms with Gasteiger partial charge in [-0.15, -0.1) is 0 Å². The Morgan fingerprint density at radius 3 is 3.00 bits per heavy atom. The molecule has 7 heteroatoms. The monoisotopic (exact) mass is 250 g/mol. The molecule has 0 spiro atoms. The lowest BCUT2D eigenvalue weighted by molar-refractivity contribution is -0.463. The average molecular weight is 250 g/mol. The molecular weight excluding hydrogens is 236 g/mol. The maximum atomic E-state index is 10.6. The Kier molecular flexibility index (Phi) is 3.71. The van der Waals surface area contributed by atoms with E-state index in [1.165, 1.54) is 0 Å². The number of nitrogens with zero attached hydrogens (tertiary/aromatic N) is 4. The molecule has 96 valence electrons. The van der Waals surface area contributed by atoms with Crippen LogP contribution in [0, 0.1) is 10.1 Å². The Bertz CT molecular complexity index is 458. The highest BCUT2D eigenvalue weighted by Gasteiger charge is 2.21. The Labute approximate surface area is 104 Å². The van der Waals surface area contributed by atoms with Crippen molar-refractivity contribution in [2.45, 2.75) is 6.42 Å². The summed E-state index contributed by atoms with van der Waals surface area (Å²) in [7, 11) is 1.54. The first-order valence-electron chi connectivity index (χ1n) is 5.63. The number of methoxy groups -OCH3 is 1. The number of anilines is 1. The van der Waals surface area contributed by atoms with Crippen LogP contribution < -0.4 is 9.64 Å². The minimum absolute atomic E-state index is 0.258. The van der Waals surface area contributed by atoms with E-state index in [0.29, 0.717) is 18.3 Å². The number of ether oxygens (including phenoxy) is 1. The van der Waals surface area contributed by atoms with Gasteiger partial charge in [-0.25, -0.2) is 4.98 Å². The van der Waals surface area contributed by atoms with E-state index in [0.717, 1.165) is 18.7 Å². The number of hydrogen-bond donors (Lipinski definition) is 0. The van der Waals surface area contributed by atoms with Crippen molar-refractivity contribution in [3.8, 4) is 5.88 Å². The van der Waals surface area contributed by atoms with Crippen molar-refractivity contribution in [1.82, 2.24) is 4.98 Å². The van der Waals surface area contributed by atoms with Crippen molar-refractivity contribution in [3.63, 3.8) is 0 Å². The number of pyridine rings is 1. The normalized spacial score (nSPS) is 15.2. The highest BCUT2D eigenvalue weighted by atomic mass is 16.6. The van der Waals surface area contributed by atoms with Gasteiger partial charge in [0.2, 0.25) is 5.88 Å². The molecule has 7 nitrogen and oxygen atoms in total. The van der Waals surface area contributed by atoms with E-state index in [2.05, 4.69) is 9.98 Å². The van der Waals surface area contributed by atoms with Gasteiger partial charge in [-0.3, -0.25) is 15.1 Å². The first-order chi connectivity index (χ1) is 8.70. The number of aromatic nitrogens is 1.